The first-order chi connectivity index (χ1) is 11.1. The van der Waals surface area contributed by atoms with Crippen LogP contribution in [0.25, 0.3) is 0 Å². The van der Waals surface area contributed by atoms with Gasteiger partial charge in [0.1, 0.15) is 6.04 Å². The van der Waals surface area contributed by atoms with E-state index in [2.05, 4.69) is 10.6 Å². The fraction of sp³-hybridized carbons (Fsp3) is 0.882. The number of nitrogens with zero attached hydrogens (tertiary/aromatic N) is 1. The van der Waals surface area contributed by atoms with Crippen molar-refractivity contribution in [2.45, 2.75) is 45.6 Å². The average Bonchev–Trinajstić information content (AvgIpc) is 2.58. The molecule has 2 saturated heterocycles. The van der Waals surface area contributed by atoms with Gasteiger partial charge >= 0.3 is 0 Å². The Hall–Kier alpha value is -1.14. The fourth-order valence-corrected chi connectivity index (χ4v) is 3.25. The van der Waals surface area contributed by atoms with Crippen molar-refractivity contribution in [3.05, 3.63) is 0 Å². The summed E-state index contributed by atoms with van der Waals surface area (Å²) in [7, 11) is 0. The second-order valence-electron chi connectivity index (χ2n) is 6.96. The Morgan fingerprint density at radius 3 is 2.48 bits per heavy atom. The number of carbonyl (C=O) groups excluding carboxylic acids is 2. The summed E-state index contributed by atoms with van der Waals surface area (Å²) in [5.41, 5.74) is 0. The molecule has 0 saturated carbocycles. The van der Waals surface area contributed by atoms with E-state index in [1.807, 2.05) is 13.8 Å². The minimum absolute atomic E-state index is 0.00356. The molecule has 0 radical (unpaired) electrons. The van der Waals surface area contributed by atoms with Gasteiger partial charge in [0.2, 0.25) is 11.8 Å². The molecule has 132 valence electrons. The van der Waals surface area contributed by atoms with Crippen LogP contribution in [-0.4, -0.2) is 62.1 Å². The Morgan fingerprint density at radius 1 is 1.22 bits per heavy atom. The largest absolute Gasteiger partial charge is 0.378 e. The summed E-state index contributed by atoms with van der Waals surface area (Å²) in [6, 6.07) is -0.423. The molecular formula is C17H31N3O3. The number of amides is 2. The number of ether oxygens (including phenoxy) is 1. The van der Waals surface area contributed by atoms with Crippen LogP contribution in [0.15, 0.2) is 0 Å². The topological polar surface area (TPSA) is 70.7 Å². The quantitative estimate of drug-likeness (QED) is 0.757. The lowest BCUT2D eigenvalue weighted by Crippen LogP contribution is -2.53. The molecule has 6 heteroatoms. The van der Waals surface area contributed by atoms with Crippen LogP contribution in [-0.2, 0) is 14.3 Å². The van der Waals surface area contributed by atoms with Gasteiger partial charge in [0.15, 0.2) is 0 Å². The monoisotopic (exact) mass is 325 g/mol. The second-order valence-corrected chi connectivity index (χ2v) is 6.96. The van der Waals surface area contributed by atoms with Crippen LogP contribution in [0.5, 0.6) is 0 Å². The molecule has 23 heavy (non-hydrogen) atoms. The first kappa shape index (κ1) is 18.2. The molecule has 0 spiro atoms. The van der Waals surface area contributed by atoms with E-state index >= 15 is 0 Å². The molecule has 0 bridgehead atoms. The van der Waals surface area contributed by atoms with Crippen molar-refractivity contribution in [3.8, 4) is 0 Å². The van der Waals surface area contributed by atoms with Crippen molar-refractivity contribution < 1.29 is 14.3 Å². The average molecular weight is 325 g/mol. The summed E-state index contributed by atoms with van der Waals surface area (Å²) in [6.45, 7) is 8.47. The highest BCUT2D eigenvalue weighted by Crippen LogP contribution is 2.18. The van der Waals surface area contributed by atoms with Gasteiger partial charge in [-0.05, 0) is 44.2 Å². The molecule has 2 N–H and O–H groups in total. The van der Waals surface area contributed by atoms with Gasteiger partial charge in [0.05, 0.1) is 13.2 Å². The number of hydrogen-bond donors (Lipinski definition) is 2. The van der Waals surface area contributed by atoms with Crippen LogP contribution in [0.1, 0.15) is 39.5 Å². The van der Waals surface area contributed by atoms with E-state index in [1.165, 1.54) is 0 Å². The zero-order valence-corrected chi connectivity index (χ0v) is 14.5. The third-order valence-corrected chi connectivity index (χ3v) is 4.81. The zero-order chi connectivity index (χ0) is 16.7. The van der Waals surface area contributed by atoms with Crippen molar-refractivity contribution in [1.82, 2.24) is 15.5 Å². The number of carbonyl (C=O) groups is 2. The highest BCUT2D eigenvalue weighted by Gasteiger charge is 2.29. The number of hydrogen-bond acceptors (Lipinski definition) is 4. The van der Waals surface area contributed by atoms with Gasteiger partial charge in [-0.15, -0.1) is 0 Å². The number of rotatable bonds is 6. The normalized spacial score (nSPS) is 21.3. The van der Waals surface area contributed by atoms with E-state index in [4.69, 9.17) is 4.74 Å². The SMILES string of the molecule is CC(C)C(NC(=O)CCC1CCNCC1)C(=O)N1CCOCC1. The highest BCUT2D eigenvalue weighted by molar-refractivity contribution is 5.88. The van der Waals surface area contributed by atoms with E-state index in [1.54, 1.807) is 4.90 Å². The van der Waals surface area contributed by atoms with Crippen LogP contribution >= 0.6 is 0 Å². The summed E-state index contributed by atoms with van der Waals surface area (Å²) in [6.07, 6.45) is 3.73. The van der Waals surface area contributed by atoms with E-state index in [0.29, 0.717) is 38.6 Å². The molecule has 1 unspecified atom stereocenters. The molecule has 6 nitrogen and oxygen atoms in total. The van der Waals surface area contributed by atoms with Gasteiger partial charge in [0.25, 0.3) is 0 Å². The van der Waals surface area contributed by atoms with Gasteiger partial charge in [-0.3, -0.25) is 9.59 Å². The lowest BCUT2D eigenvalue weighted by molar-refractivity contribution is -0.141. The summed E-state index contributed by atoms with van der Waals surface area (Å²) in [4.78, 5) is 26.7. The molecule has 2 amide bonds. The maximum absolute atomic E-state index is 12.6. The van der Waals surface area contributed by atoms with Crippen LogP contribution < -0.4 is 10.6 Å². The molecule has 2 heterocycles. The molecule has 1 atom stereocenters. The fourth-order valence-electron chi connectivity index (χ4n) is 3.25. The van der Waals surface area contributed by atoms with Crippen molar-refractivity contribution in [1.29, 1.82) is 0 Å². The number of piperidine rings is 1. The number of nitrogens with one attached hydrogen (secondary N) is 2. The van der Waals surface area contributed by atoms with Crippen molar-refractivity contribution in [3.63, 3.8) is 0 Å². The third-order valence-electron chi connectivity index (χ3n) is 4.81. The molecule has 2 aliphatic rings. The van der Waals surface area contributed by atoms with Crippen LogP contribution in [0, 0.1) is 11.8 Å². The van der Waals surface area contributed by atoms with Gasteiger partial charge in [-0.1, -0.05) is 13.8 Å². The molecule has 2 fully saturated rings. The minimum Gasteiger partial charge on any atom is -0.378 e. The van der Waals surface area contributed by atoms with Crippen LogP contribution in [0.4, 0.5) is 0 Å². The van der Waals surface area contributed by atoms with E-state index in [0.717, 1.165) is 32.4 Å². The van der Waals surface area contributed by atoms with Gasteiger partial charge in [-0.25, -0.2) is 0 Å². The Labute approximate surface area is 139 Å². The lowest BCUT2D eigenvalue weighted by Gasteiger charge is -2.32. The van der Waals surface area contributed by atoms with E-state index in [-0.39, 0.29) is 17.7 Å². The first-order valence-corrected chi connectivity index (χ1v) is 8.94. The molecular weight excluding hydrogens is 294 g/mol. The maximum atomic E-state index is 12.6. The third kappa shape index (κ3) is 5.77. The minimum atomic E-state index is -0.423. The number of morpholine rings is 1. The summed E-state index contributed by atoms with van der Waals surface area (Å²) >= 11 is 0. The Bertz CT molecular complexity index is 389. The standard InChI is InChI=1S/C17H31N3O3/c1-13(2)16(17(22)20-9-11-23-12-10-20)19-15(21)4-3-14-5-7-18-8-6-14/h13-14,16,18H,3-12H2,1-2H3,(H,19,21). The molecule has 0 aromatic rings. The van der Waals surface area contributed by atoms with Gasteiger partial charge in [-0.2, -0.15) is 0 Å². The molecule has 0 aromatic heterocycles. The van der Waals surface area contributed by atoms with Gasteiger partial charge < -0.3 is 20.3 Å². The van der Waals surface area contributed by atoms with Crippen molar-refractivity contribution in [2.75, 3.05) is 39.4 Å². The molecule has 2 rings (SSSR count). The Balaban J connectivity index is 1.80. The highest BCUT2D eigenvalue weighted by atomic mass is 16.5. The van der Waals surface area contributed by atoms with E-state index < -0.39 is 6.04 Å². The second kappa shape index (κ2) is 9.23. The maximum Gasteiger partial charge on any atom is 0.245 e. The zero-order valence-electron chi connectivity index (χ0n) is 14.5. The van der Waals surface area contributed by atoms with Crippen molar-refractivity contribution >= 4 is 11.8 Å². The lowest BCUT2D eigenvalue weighted by atomic mass is 9.93. The predicted octanol–water partition coefficient (Wildman–Crippen LogP) is 0.766. The Morgan fingerprint density at radius 2 is 1.87 bits per heavy atom. The summed E-state index contributed by atoms with van der Waals surface area (Å²) in [5, 5.41) is 6.31. The molecule has 0 aliphatic carbocycles. The summed E-state index contributed by atoms with van der Waals surface area (Å²) < 4.78 is 5.29. The van der Waals surface area contributed by atoms with Crippen LogP contribution in [0.3, 0.4) is 0 Å². The molecule has 0 aromatic carbocycles. The molecule has 2 aliphatic heterocycles. The van der Waals surface area contributed by atoms with Crippen molar-refractivity contribution in [2.24, 2.45) is 11.8 Å². The smallest absolute Gasteiger partial charge is 0.245 e. The van der Waals surface area contributed by atoms with Crippen LogP contribution in [0.2, 0.25) is 0 Å². The van der Waals surface area contributed by atoms with E-state index in [9.17, 15) is 9.59 Å². The van der Waals surface area contributed by atoms with Gasteiger partial charge in [0, 0.05) is 19.5 Å². The summed E-state index contributed by atoms with van der Waals surface area (Å²) in [5.74, 6) is 0.755. The first-order valence-electron chi connectivity index (χ1n) is 8.94. The predicted molar refractivity (Wildman–Crippen MR) is 89.0 cm³/mol. The Kier molecular flexibility index (Phi) is 7.30.